The predicted molar refractivity (Wildman–Crippen MR) is 38.6 cm³/mol. The van der Waals surface area contributed by atoms with E-state index in [0.717, 1.165) is 6.07 Å². The Labute approximate surface area is 72.6 Å². The summed E-state index contributed by atoms with van der Waals surface area (Å²) in [5.74, 6) is -1.02. The van der Waals surface area contributed by atoms with Gasteiger partial charge in [0.05, 0.1) is 11.6 Å². The van der Waals surface area contributed by atoms with Crippen LogP contribution in [0.25, 0.3) is 0 Å². The molecule has 0 aliphatic rings. The molecule has 0 unspecified atom stereocenters. The van der Waals surface area contributed by atoms with Crippen molar-refractivity contribution in [2.45, 2.75) is 13.3 Å². The van der Waals surface area contributed by atoms with Crippen LogP contribution < -0.4 is 0 Å². The highest BCUT2D eigenvalue weighted by Gasteiger charge is 2.14. The molecule has 1 rings (SSSR count). The molecule has 68 valence electrons. The van der Waals surface area contributed by atoms with Crippen LogP contribution in [0.15, 0.2) is 6.07 Å². The Kier molecular flexibility index (Phi) is 2.52. The summed E-state index contributed by atoms with van der Waals surface area (Å²) in [7, 11) is 0. The average Bonchev–Trinajstić information content (AvgIpc) is 2.09. The zero-order valence-electron chi connectivity index (χ0n) is 6.68. The van der Waals surface area contributed by atoms with Gasteiger partial charge in [-0.1, -0.05) is 0 Å². The molecule has 1 aromatic rings. The van der Waals surface area contributed by atoms with E-state index in [1.807, 2.05) is 0 Å². The van der Waals surface area contributed by atoms with Crippen molar-refractivity contribution in [3.05, 3.63) is 28.8 Å². The second-order valence-electron chi connectivity index (χ2n) is 2.42. The molecular formula is C8H5F3N2. The first kappa shape index (κ1) is 9.52. The Hall–Kier alpha value is -1.57. The van der Waals surface area contributed by atoms with Gasteiger partial charge in [0.25, 0.3) is 6.43 Å². The Morgan fingerprint density at radius 1 is 1.54 bits per heavy atom. The van der Waals surface area contributed by atoms with E-state index in [9.17, 15) is 13.2 Å². The average molecular weight is 186 g/mol. The molecule has 0 aliphatic heterocycles. The molecule has 0 saturated carbocycles. The fourth-order valence-corrected chi connectivity index (χ4v) is 0.825. The number of hydrogen-bond acceptors (Lipinski definition) is 2. The molecule has 0 aromatic carbocycles. The number of nitrogens with zero attached hydrogens (tertiary/aromatic N) is 2. The summed E-state index contributed by atoms with van der Waals surface area (Å²) < 4.78 is 36.9. The number of hydrogen-bond donors (Lipinski definition) is 0. The maximum absolute atomic E-state index is 12.8. The molecule has 0 N–H and O–H groups in total. The van der Waals surface area contributed by atoms with Gasteiger partial charge in [0.1, 0.15) is 5.69 Å². The number of pyridine rings is 1. The SMILES string of the molecule is Cc1c(C#N)cc(C(F)F)nc1F. The van der Waals surface area contributed by atoms with Gasteiger partial charge in [-0.25, -0.2) is 13.8 Å². The molecule has 5 heteroatoms. The highest BCUT2D eigenvalue weighted by atomic mass is 19.3. The minimum absolute atomic E-state index is 0.00750. The molecule has 0 radical (unpaired) electrons. The molecule has 0 fully saturated rings. The molecule has 2 nitrogen and oxygen atoms in total. The molecule has 0 spiro atoms. The van der Waals surface area contributed by atoms with Crippen LogP contribution in [-0.2, 0) is 0 Å². The third-order valence-corrected chi connectivity index (χ3v) is 1.58. The van der Waals surface area contributed by atoms with Crippen LogP contribution in [0.1, 0.15) is 23.2 Å². The summed E-state index contributed by atoms with van der Waals surface area (Å²) >= 11 is 0. The molecule has 1 heterocycles. The summed E-state index contributed by atoms with van der Waals surface area (Å²) in [5, 5.41) is 8.46. The van der Waals surface area contributed by atoms with Crippen LogP contribution in [0, 0.1) is 24.2 Å². The monoisotopic (exact) mass is 186 g/mol. The zero-order chi connectivity index (χ0) is 10.0. The number of aromatic nitrogens is 1. The first-order valence-corrected chi connectivity index (χ1v) is 3.41. The number of nitriles is 1. The van der Waals surface area contributed by atoms with Crippen molar-refractivity contribution in [2.75, 3.05) is 0 Å². The van der Waals surface area contributed by atoms with E-state index in [4.69, 9.17) is 5.26 Å². The lowest BCUT2D eigenvalue weighted by Gasteiger charge is -2.02. The molecule has 0 saturated heterocycles. The quantitative estimate of drug-likeness (QED) is 0.631. The molecule has 0 bridgehead atoms. The fourth-order valence-electron chi connectivity index (χ4n) is 0.825. The van der Waals surface area contributed by atoms with Gasteiger partial charge in [-0.3, -0.25) is 0 Å². The summed E-state index contributed by atoms with van der Waals surface area (Å²) in [6, 6.07) is 2.51. The van der Waals surface area contributed by atoms with Crippen molar-refractivity contribution < 1.29 is 13.2 Å². The van der Waals surface area contributed by atoms with Crippen LogP contribution in [0.2, 0.25) is 0 Å². The second-order valence-corrected chi connectivity index (χ2v) is 2.42. The van der Waals surface area contributed by atoms with E-state index >= 15 is 0 Å². The molecule has 1 aromatic heterocycles. The molecule has 0 amide bonds. The van der Waals surface area contributed by atoms with Crippen molar-refractivity contribution in [2.24, 2.45) is 0 Å². The summed E-state index contributed by atoms with van der Waals surface area (Å²) in [5.41, 5.74) is -0.825. The van der Waals surface area contributed by atoms with Crippen LogP contribution in [-0.4, -0.2) is 4.98 Å². The maximum Gasteiger partial charge on any atom is 0.280 e. The van der Waals surface area contributed by atoms with Crippen LogP contribution in [0.4, 0.5) is 13.2 Å². The lowest BCUT2D eigenvalue weighted by atomic mass is 10.1. The highest BCUT2D eigenvalue weighted by Crippen LogP contribution is 2.20. The van der Waals surface area contributed by atoms with Gasteiger partial charge in [0.15, 0.2) is 0 Å². The Morgan fingerprint density at radius 2 is 2.15 bits per heavy atom. The number of alkyl halides is 2. The minimum Gasteiger partial charge on any atom is -0.218 e. The molecule has 0 aliphatic carbocycles. The van der Waals surface area contributed by atoms with Crippen molar-refractivity contribution in [3.8, 4) is 6.07 Å². The third kappa shape index (κ3) is 1.78. The van der Waals surface area contributed by atoms with E-state index in [1.54, 1.807) is 6.07 Å². The van der Waals surface area contributed by atoms with Gasteiger partial charge < -0.3 is 0 Å². The van der Waals surface area contributed by atoms with E-state index in [0.29, 0.717) is 0 Å². The molecule has 0 atom stereocenters. The van der Waals surface area contributed by atoms with Gasteiger partial charge in [-0.15, -0.1) is 0 Å². The van der Waals surface area contributed by atoms with Crippen LogP contribution in [0.5, 0.6) is 0 Å². The summed E-state index contributed by atoms with van der Waals surface area (Å²) in [6.07, 6.45) is -2.86. The van der Waals surface area contributed by atoms with Gasteiger partial charge in [-0.2, -0.15) is 9.65 Å². The number of rotatable bonds is 1. The predicted octanol–water partition coefficient (Wildman–Crippen LogP) is 2.34. The third-order valence-electron chi connectivity index (χ3n) is 1.58. The van der Waals surface area contributed by atoms with Gasteiger partial charge in [0, 0.05) is 5.56 Å². The van der Waals surface area contributed by atoms with Gasteiger partial charge >= 0.3 is 0 Å². The van der Waals surface area contributed by atoms with Gasteiger partial charge in [-0.05, 0) is 13.0 Å². The topological polar surface area (TPSA) is 36.7 Å². The smallest absolute Gasteiger partial charge is 0.218 e. The summed E-state index contributed by atoms with van der Waals surface area (Å²) in [6.45, 7) is 1.32. The van der Waals surface area contributed by atoms with Crippen LogP contribution >= 0.6 is 0 Å². The largest absolute Gasteiger partial charge is 0.280 e. The zero-order valence-corrected chi connectivity index (χ0v) is 6.68. The maximum atomic E-state index is 12.8. The van der Waals surface area contributed by atoms with Crippen molar-refractivity contribution in [3.63, 3.8) is 0 Å². The first-order valence-electron chi connectivity index (χ1n) is 3.41. The van der Waals surface area contributed by atoms with E-state index in [2.05, 4.69) is 4.98 Å². The Balaban J connectivity index is 3.32. The van der Waals surface area contributed by atoms with E-state index in [1.165, 1.54) is 6.92 Å². The van der Waals surface area contributed by atoms with Crippen molar-refractivity contribution >= 4 is 0 Å². The minimum atomic E-state index is -2.86. The van der Waals surface area contributed by atoms with Crippen molar-refractivity contribution in [1.29, 1.82) is 5.26 Å². The Morgan fingerprint density at radius 3 is 2.62 bits per heavy atom. The summed E-state index contributed by atoms with van der Waals surface area (Å²) in [4.78, 5) is 3.01. The van der Waals surface area contributed by atoms with Crippen LogP contribution in [0.3, 0.4) is 0 Å². The molecule has 13 heavy (non-hydrogen) atoms. The lowest BCUT2D eigenvalue weighted by Crippen LogP contribution is -1.99. The fraction of sp³-hybridized carbons (Fsp3) is 0.250. The first-order chi connectivity index (χ1) is 6.06. The number of halogens is 3. The molecular weight excluding hydrogens is 181 g/mol. The van der Waals surface area contributed by atoms with E-state index < -0.39 is 18.1 Å². The second kappa shape index (κ2) is 3.44. The highest BCUT2D eigenvalue weighted by molar-refractivity contribution is 5.37. The van der Waals surface area contributed by atoms with E-state index in [-0.39, 0.29) is 11.1 Å². The standard InChI is InChI=1S/C8H5F3N2/c1-4-5(3-12)2-6(7(9)10)13-8(4)11/h2,7H,1H3. The lowest BCUT2D eigenvalue weighted by molar-refractivity contribution is 0.144. The normalized spacial score (nSPS) is 10.2. The van der Waals surface area contributed by atoms with Crippen molar-refractivity contribution in [1.82, 2.24) is 4.98 Å². The Bertz CT molecular complexity index is 368. The van der Waals surface area contributed by atoms with Gasteiger partial charge in [0.2, 0.25) is 5.95 Å².